The monoisotopic (exact) mass is 236 g/mol. The summed E-state index contributed by atoms with van der Waals surface area (Å²) in [6.07, 6.45) is 1.75. The molecular weight excluding hydrogens is 224 g/mol. The molecule has 0 fully saturated rings. The van der Waals surface area contributed by atoms with Crippen LogP contribution >= 0.6 is 0 Å². The van der Waals surface area contributed by atoms with E-state index in [1.165, 1.54) is 0 Å². The SMILES string of the molecule is Cc1nc(-c2ccccc2)nn1-c1ccccn1. The Balaban J connectivity index is 2.07. The Labute approximate surface area is 105 Å². The van der Waals surface area contributed by atoms with Crippen molar-refractivity contribution in [2.75, 3.05) is 0 Å². The Morgan fingerprint density at radius 2 is 1.72 bits per heavy atom. The van der Waals surface area contributed by atoms with Crippen LogP contribution in [0.3, 0.4) is 0 Å². The number of aryl methyl sites for hydroxylation is 1. The summed E-state index contributed by atoms with van der Waals surface area (Å²) in [6, 6.07) is 15.7. The van der Waals surface area contributed by atoms with Crippen molar-refractivity contribution in [3.8, 4) is 17.2 Å². The lowest BCUT2D eigenvalue weighted by molar-refractivity contribution is 0.813. The van der Waals surface area contributed by atoms with Crippen molar-refractivity contribution in [1.29, 1.82) is 0 Å². The molecule has 0 aliphatic rings. The standard InChI is InChI=1S/C14H12N4/c1-11-16-14(12-7-3-2-4-8-12)17-18(11)13-9-5-6-10-15-13/h2-10H,1H3. The molecule has 0 radical (unpaired) electrons. The number of benzene rings is 1. The molecule has 4 heteroatoms. The summed E-state index contributed by atoms with van der Waals surface area (Å²) in [7, 11) is 0. The van der Waals surface area contributed by atoms with Crippen LogP contribution < -0.4 is 0 Å². The highest BCUT2D eigenvalue weighted by molar-refractivity contribution is 5.54. The molecule has 88 valence electrons. The number of rotatable bonds is 2. The fraction of sp³-hybridized carbons (Fsp3) is 0.0714. The second-order valence-corrected chi connectivity index (χ2v) is 3.95. The molecule has 0 saturated carbocycles. The highest BCUT2D eigenvalue weighted by atomic mass is 15.4. The molecule has 3 rings (SSSR count). The topological polar surface area (TPSA) is 43.6 Å². The largest absolute Gasteiger partial charge is 0.237 e. The molecule has 2 aromatic heterocycles. The summed E-state index contributed by atoms with van der Waals surface area (Å²) in [5, 5.41) is 4.49. The van der Waals surface area contributed by atoms with Gasteiger partial charge in [-0.3, -0.25) is 0 Å². The molecule has 0 saturated heterocycles. The van der Waals surface area contributed by atoms with E-state index in [1.54, 1.807) is 10.9 Å². The fourth-order valence-corrected chi connectivity index (χ4v) is 1.80. The predicted octanol–water partition coefficient (Wildman–Crippen LogP) is 2.64. The molecule has 18 heavy (non-hydrogen) atoms. The first-order chi connectivity index (χ1) is 8.84. The lowest BCUT2D eigenvalue weighted by atomic mass is 10.2. The Hall–Kier alpha value is -2.49. The number of aromatic nitrogens is 4. The van der Waals surface area contributed by atoms with Gasteiger partial charge in [0.2, 0.25) is 0 Å². The van der Waals surface area contributed by atoms with Crippen LogP contribution in [0, 0.1) is 6.92 Å². The van der Waals surface area contributed by atoms with Crippen LogP contribution in [-0.4, -0.2) is 19.7 Å². The van der Waals surface area contributed by atoms with E-state index in [0.717, 1.165) is 23.0 Å². The van der Waals surface area contributed by atoms with Crippen molar-refractivity contribution < 1.29 is 0 Å². The van der Waals surface area contributed by atoms with Crippen LogP contribution in [0.2, 0.25) is 0 Å². The molecule has 0 aliphatic carbocycles. The number of hydrogen-bond donors (Lipinski definition) is 0. The molecule has 0 N–H and O–H groups in total. The predicted molar refractivity (Wildman–Crippen MR) is 69.3 cm³/mol. The third kappa shape index (κ3) is 1.88. The first-order valence-corrected chi connectivity index (χ1v) is 5.75. The lowest BCUT2D eigenvalue weighted by Crippen LogP contribution is -2.01. The zero-order valence-corrected chi connectivity index (χ0v) is 9.99. The summed E-state index contributed by atoms with van der Waals surface area (Å²) in [5.74, 6) is 2.33. The van der Waals surface area contributed by atoms with Crippen LogP contribution in [-0.2, 0) is 0 Å². The molecule has 0 amide bonds. The van der Waals surface area contributed by atoms with Gasteiger partial charge >= 0.3 is 0 Å². The maximum Gasteiger partial charge on any atom is 0.181 e. The summed E-state index contributed by atoms with van der Waals surface area (Å²) < 4.78 is 1.75. The van der Waals surface area contributed by atoms with Crippen molar-refractivity contribution in [2.24, 2.45) is 0 Å². The number of hydrogen-bond acceptors (Lipinski definition) is 3. The number of pyridine rings is 1. The van der Waals surface area contributed by atoms with E-state index < -0.39 is 0 Å². The van der Waals surface area contributed by atoms with E-state index in [1.807, 2.05) is 55.5 Å². The van der Waals surface area contributed by atoms with E-state index in [-0.39, 0.29) is 0 Å². The summed E-state index contributed by atoms with van der Waals surface area (Å²) in [5.41, 5.74) is 1.01. The highest BCUT2D eigenvalue weighted by Crippen LogP contribution is 2.16. The van der Waals surface area contributed by atoms with Gasteiger partial charge in [0.15, 0.2) is 11.6 Å². The maximum absolute atomic E-state index is 4.49. The molecule has 1 aromatic carbocycles. The van der Waals surface area contributed by atoms with Crippen LogP contribution in [0.1, 0.15) is 5.82 Å². The van der Waals surface area contributed by atoms with E-state index >= 15 is 0 Å². The third-order valence-electron chi connectivity index (χ3n) is 2.67. The first-order valence-electron chi connectivity index (χ1n) is 5.75. The van der Waals surface area contributed by atoms with Crippen LogP contribution in [0.15, 0.2) is 54.7 Å². The normalized spacial score (nSPS) is 10.5. The van der Waals surface area contributed by atoms with E-state index in [9.17, 15) is 0 Å². The van der Waals surface area contributed by atoms with Gasteiger partial charge in [-0.1, -0.05) is 36.4 Å². The quantitative estimate of drug-likeness (QED) is 0.687. The minimum atomic E-state index is 0.721. The van der Waals surface area contributed by atoms with Gasteiger partial charge in [0.25, 0.3) is 0 Å². The zero-order chi connectivity index (χ0) is 12.4. The van der Waals surface area contributed by atoms with E-state index in [2.05, 4.69) is 15.1 Å². The maximum atomic E-state index is 4.49. The summed E-state index contributed by atoms with van der Waals surface area (Å²) >= 11 is 0. The van der Waals surface area contributed by atoms with Crippen molar-refractivity contribution in [2.45, 2.75) is 6.92 Å². The molecule has 4 nitrogen and oxygen atoms in total. The lowest BCUT2D eigenvalue weighted by Gasteiger charge is -1.99. The Kier molecular flexibility index (Phi) is 2.61. The molecule has 2 heterocycles. The van der Waals surface area contributed by atoms with Crippen molar-refractivity contribution in [1.82, 2.24) is 19.7 Å². The van der Waals surface area contributed by atoms with Gasteiger partial charge in [-0.25, -0.2) is 9.97 Å². The zero-order valence-electron chi connectivity index (χ0n) is 9.99. The van der Waals surface area contributed by atoms with Gasteiger partial charge in [0, 0.05) is 11.8 Å². The third-order valence-corrected chi connectivity index (χ3v) is 2.67. The minimum absolute atomic E-state index is 0.721. The van der Waals surface area contributed by atoms with E-state index in [4.69, 9.17) is 0 Å². The Bertz CT molecular complexity index is 644. The van der Waals surface area contributed by atoms with Crippen molar-refractivity contribution >= 4 is 0 Å². The molecule has 0 aliphatic heterocycles. The van der Waals surface area contributed by atoms with Gasteiger partial charge < -0.3 is 0 Å². The smallest absolute Gasteiger partial charge is 0.181 e. The van der Waals surface area contributed by atoms with Gasteiger partial charge in [-0.05, 0) is 19.1 Å². The van der Waals surface area contributed by atoms with Gasteiger partial charge in [0.05, 0.1) is 0 Å². The Morgan fingerprint density at radius 1 is 0.944 bits per heavy atom. The van der Waals surface area contributed by atoms with Crippen molar-refractivity contribution in [3.63, 3.8) is 0 Å². The fourth-order valence-electron chi connectivity index (χ4n) is 1.80. The second kappa shape index (κ2) is 4.41. The molecule has 0 bridgehead atoms. The summed E-state index contributed by atoms with van der Waals surface area (Å²) in [4.78, 5) is 8.75. The van der Waals surface area contributed by atoms with Crippen LogP contribution in [0.25, 0.3) is 17.2 Å². The van der Waals surface area contributed by atoms with Crippen molar-refractivity contribution in [3.05, 3.63) is 60.6 Å². The molecule has 0 spiro atoms. The average Bonchev–Trinajstić information content (AvgIpc) is 2.83. The number of nitrogens with zero attached hydrogens (tertiary/aromatic N) is 4. The van der Waals surface area contributed by atoms with Crippen LogP contribution in [0.5, 0.6) is 0 Å². The van der Waals surface area contributed by atoms with Gasteiger partial charge in [-0.2, -0.15) is 4.68 Å². The molecule has 3 aromatic rings. The Morgan fingerprint density at radius 3 is 2.44 bits per heavy atom. The molecule has 0 unspecified atom stereocenters. The first kappa shape index (κ1) is 10.7. The minimum Gasteiger partial charge on any atom is -0.237 e. The second-order valence-electron chi connectivity index (χ2n) is 3.95. The van der Waals surface area contributed by atoms with Gasteiger partial charge in [0.1, 0.15) is 5.82 Å². The van der Waals surface area contributed by atoms with Gasteiger partial charge in [-0.15, -0.1) is 5.10 Å². The van der Waals surface area contributed by atoms with E-state index in [0.29, 0.717) is 0 Å². The molecule has 0 atom stereocenters. The molecular formula is C14H12N4. The average molecular weight is 236 g/mol. The summed E-state index contributed by atoms with van der Waals surface area (Å²) in [6.45, 7) is 1.92. The van der Waals surface area contributed by atoms with Crippen LogP contribution in [0.4, 0.5) is 0 Å². The highest BCUT2D eigenvalue weighted by Gasteiger charge is 2.09.